The van der Waals surface area contributed by atoms with Crippen molar-refractivity contribution >= 4 is 35.0 Å². The zero-order valence-electron chi connectivity index (χ0n) is 14.0. The lowest BCUT2D eigenvalue weighted by Crippen LogP contribution is -2.01. The molecule has 0 saturated heterocycles. The molecular formula is C18H14Cl2N6S. The van der Waals surface area contributed by atoms with Crippen LogP contribution in [0.5, 0.6) is 0 Å². The topological polar surface area (TPSA) is 61.4 Å². The van der Waals surface area contributed by atoms with E-state index in [1.807, 2.05) is 36.4 Å². The van der Waals surface area contributed by atoms with Gasteiger partial charge in [-0.2, -0.15) is 22.0 Å². The van der Waals surface area contributed by atoms with Crippen molar-refractivity contribution in [3.63, 3.8) is 0 Å². The Morgan fingerprint density at radius 3 is 1.63 bits per heavy atom. The number of rotatable bonds is 6. The molecule has 0 aliphatic rings. The molecule has 4 aromatic rings. The van der Waals surface area contributed by atoms with Gasteiger partial charge in [-0.1, -0.05) is 35.3 Å². The van der Waals surface area contributed by atoms with Crippen molar-refractivity contribution in [1.82, 2.24) is 29.5 Å². The van der Waals surface area contributed by atoms with Crippen LogP contribution in [-0.2, 0) is 11.5 Å². The van der Waals surface area contributed by atoms with E-state index in [1.54, 1.807) is 33.8 Å². The van der Waals surface area contributed by atoms with Crippen LogP contribution < -0.4 is 0 Å². The van der Waals surface area contributed by atoms with Crippen molar-refractivity contribution in [3.8, 4) is 11.4 Å². The third-order valence-corrected chi connectivity index (χ3v) is 5.44. The van der Waals surface area contributed by atoms with Crippen LogP contribution in [0.1, 0.15) is 11.1 Å². The first-order valence-electron chi connectivity index (χ1n) is 8.05. The third kappa shape index (κ3) is 4.16. The van der Waals surface area contributed by atoms with Gasteiger partial charge in [-0.15, -0.1) is 0 Å². The maximum atomic E-state index is 6.16. The predicted octanol–water partition coefficient (Wildman–Crippen LogP) is 4.59. The van der Waals surface area contributed by atoms with Gasteiger partial charge in [0.15, 0.2) is 0 Å². The predicted molar refractivity (Wildman–Crippen MR) is 108 cm³/mol. The van der Waals surface area contributed by atoms with E-state index in [9.17, 15) is 0 Å². The van der Waals surface area contributed by atoms with Crippen LogP contribution in [0.4, 0.5) is 0 Å². The molecule has 0 aliphatic carbocycles. The molecule has 0 atom stereocenters. The highest BCUT2D eigenvalue weighted by Gasteiger charge is 2.10. The molecule has 2 aromatic carbocycles. The van der Waals surface area contributed by atoms with Crippen molar-refractivity contribution in [1.29, 1.82) is 0 Å². The smallest absolute Gasteiger partial charge is 0.138 e. The quantitative estimate of drug-likeness (QED) is 0.459. The minimum atomic E-state index is 0.667. The van der Waals surface area contributed by atoms with Crippen molar-refractivity contribution in [2.24, 2.45) is 0 Å². The number of halogens is 2. The standard InChI is InChI=1S/C18H14Cl2N6S/c19-15-3-1-13(17(5-15)25-11-21-9-23-25)7-27-8-14-2-4-16(20)6-18(14)26-12-22-10-24-26/h1-6,9-12H,7-8H2. The monoisotopic (exact) mass is 416 g/mol. The van der Waals surface area contributed by atoms with Crippen LogP contribution in [0.3, 0.4) is 0 Å². The molecule has 27 heavy (non-hydrogen) atoms. The normalized spacial score (nSPS) is 11.0. The zero-order valence-corrected chi connectivity index (χ0v) is 16.4. The second-order valence-corrected chi connectivity index (χ2v) is 7.58. The SMILES string of the molecule is Clc1ccc(CSCc2ccc(Cl)cc2-n2cncn2)c(-n2cncn2)c1. The molecule has 0 bridgehead atoms. The van der Waals surface area contributed by atoms with Gasteiger partial charge in [-0.05, 0) is 35.4 Å². The second-order valence-electron chi connectivity index (χ2n) is 5.72. The summed E-state index contributed by atoms with van der Waals surface area (Å²) < 4.78 is 3.45. The van der Waals surface area contributed by atoms with Crippen LogP contribution in [0.2, 0.25) is 10.0 Å². The first kappa shape index (κ1) is 18.0. The first-order valence-corrected chi connectivity index (χ1v) is 9.96. The number of hydrogen-bond acceptors (Lipinski definition) is 5. The van der Waals surface area contributed by atoms with Crippen molar-refractivity contribution in [3.05, 3.63) is 82.9 Å². The number of hydrogen-bond donors (Lipinski definition) is 0. The molecular weight excluding hydrogens is 403 g/mol. The minimum absolute atomic E-state index is 0.667. The Kier molecular flexibility index (Phi) is 5.42. The minimum Gasteiger partial charge on any atom is -0.223 e. The molecule has 0 N–H and O–H groups in total. The Bertz CT molecular complexity index is 950. The Morgan fingerprint density at radius 2 is 1.22 bits per heavy atom. The highest BCUT2D eigenvalue weighted by molar-refractivity contribution is 7.97. The number of nitrogens with zero attached hydrogens (tertiary/aromatic N) is 6. The summed E-state index contributed by atoms with van der Waals surface area (Å²) >= 11 is 14.1. The van der Waals surface area contributed by atoms with E-state index in [0.29, 0.717) is 10.0 Å². The molecule has 2 aromatic heterocycles. The van der Waals surface area contributed by atoms with Gasteiger partial charge in [0.25, 0.3) is 0 Å². The lowest BCUT2D eigenvalue weighted by atomic mass is 10.2. The summed E-state index contributed by atoms with van der Waals surface area (Å²) in [6.45, 7) is 0. The Hall–Kier alpha value is -2.35. The fourth-order valence-corrected chi connectivity index (χ4v) is 4.04. The maximum Gasteiger partial charge on any atom is 0.138 e. The molecule has 2 heterocycles. The van der Waals surface area contributed by atoms with Crippen LogP contribution in [-0.4, -0.2) is 29.5 Å². The van der Waals surface area contributed by atoms with E-state index in [-0.39, 0.29) is 0 Å². The van der Waals surface area contributed by atoms with Gasteiger partial charge >= 0.3 is 0 Å². The summed E-state index contributed by atoms with van der Waals surface area (Å²) in [5, 5.41) is 9.77. The zero-order chi connectivity index (χ0) is 18.6. The second kappa shape index (κ2) is 8.12. The van der Waals surface area contributed by atoms with Crippen molar-refractivity contribution in [2.45, 2.75) is 11.5 Å². The van der Waals surface area contributed by atoms with E-state index < -0.39 is 0 Å². The molecule has 0 saturated carbocycles. The first-order chi connectivity index (χ1) is 13.2. The van der Waals surface area contributed by atoms with E-state index in [1.165, 1.54) is 12.7 Å². The number of aromatic nitrogens is 6. The van der Waals surface area contributed by atoms with Gasteiger partial charge in [-0.3, -0.25) is 0 Å². The molecule has 0 spiro atoms. The largest absolute Gasteiger partial charge is 0.223 e. The van der Waals surface area contributed by atoms with Crippen molar-refractivity contribution in [2.75, 3.05) is 0 Å². The van der Waals surface area contributed by atoms with Gasteiger partial charge in [0.1, 0.15) is 25.3 Å². The number of thioether (sulfide) groups is 1. The third-order valence-electron chi connectivity index (χ3n) is 3.94. The lowest BCUT2D eigenvalue weighted by Gasteiger charge is -2.12. The highest BCUT2D eigenvalue weighted by Crippen LogP contribution is 2.28. The average Bonchev–Trinajstić information content (AvgIpc) is 3.38. The van der Waals surface area contributed by atoms with Crippen LogP contribution in [0.25, 0.3) is 11.4 Å². The highest BCUT2D eigenvalue weighted by atomic mass is 35.5. The molecule has 0 fully saturated rings. The summed E-state index contributed by atoms with van der Waals surface area (Å²) in [5.74, 6) is 1.59. The van der Waals surface area contributed by atoms with Crippen molar-refractivity contribution < 1.29 is 0 Å². The Balaban J connectivity index is 1.53. The molecule has 0 radical (unpaired) electrons. The van der Waals surface area contributed by atoms with Gasteiger partial charge in [0.2, 0.25) is 0 Å². The number of benzene rings is 2. The summed E-state index contributed by atoms with van der Waals surface area (Å²) in [6.07, 6.45) is 6.36. The van der Waals surface area contributed by atoms with Crippen LogP contribution >= 0.6 is 35.0 Å². The van der Waals surface area contributed by atoms with Gasteiger partial charge in [0.05, 0.1) is 11.4 Å². The summed E-state index contributed by atoms with van der Waals surface area (Å²) in [6, 6.07) is 11.6. The molecule has 9 heteroatoms. The van der Waals surface area contributed by atoms with Crippen LogP contribution in [0.15, 0.2) is 61.7 Å². The van der Waals surface area contributed by atoms with E-state index in [4.69, 9.17) is 23.2 Å². The average molecular weight is 417 g/mol. The van der Waals surface area contributed by atoms with E-state index in [2.05, 4.69) is 20.2 Å². The molecule has 0 amide bonds. The Labute approximate surface area is 170 Å². The van der Waals surface area contributed by atoms with Gasteiger partial charge in [-0.25, -0.2) is 19.3 Å². The van der Waals surface area contributed by atoms with E-state index >= 15 is 0 Å². The molecule has 4 rings (SSSR count). The molecule has 136 valence electrons. The van der Waals surface area contributed by atoms with Gasteiger partial charge in [0, 0.05) is 21.6 Å². The van der Waals surface area contributed by atoms with Gasteiger partial charge < -0.3 is 0 Å². The molecule has 0 unspecified atom stereocenters. The van der Waals surface area contributed by atoms with Crippen LogP contribution in [0, 0.1) is 0 Å². The fraction of sp³-hybridized carbons (Fsp3) is 0.111. The summed E-state index contributed by atoms with van der Waals surface area (Å²) in [5.41, 5.74) is 4.12. The Morgan fingerprint density at radius 1 is 0.741 bits per heavy atom. The summed E-state index contributed by atoms with van der Waals surface area (Å²) in [7, 11) is 0. The summed E-state index contributed by atoms with van der Waals surface area (Å²) in [4.78, 5) is 8.04. The maximum absolute atomic E-state index is 6.16. The molecule has 0 aliphatic heterocycles. The fourth-order valence-electron chi connectivity index (χ4n) is 2.68. The van der Waals surface area contributed by atoms with E-state index in [0.717, 1.165) is 34.0 Å². The molecule has 6 nitrogen and oxygen atoms in total. The lowest BCUT2D eigenvalue weighted by molar-refractivity contribution is 0.868.